The third-order valence-electron chi connectivity index (χ3n) is 2.64. The van der Waals surface area contributed by atoms with Gasteiger partial charge in [0.2, 0.25) is 0 Å². The van der Waals surface area contributed by atoms with Crippen LogP contribution in [-0.2, 0) is 0 Å². The lowest BCUT2D eigenvalue weighted by Crippen LogP contribution is -2.28. The lowest BCUT2D eigenvalue weighted by Gasteiger charge is -2.18. The smallest absolute Gasteiger partial charge is 0.0471 e. The summed E-state index contributed by atoms with van der Waals surface area (Å²) in [7, 11) is 0. The second-order valence-electron chi connectivity index (χ2n) is 3.84. The Hall–Kier alpha value is -0.380. The van der Waals surface area contributed by atoms with Crippen molar-refractivity contribution in [3.63, 3.8) is 0 Å². The molecule has 1 atom stereocenters. The SMILES string of the molecule is CCCCC(NN)c1cccc(C)c1Br. The van der Waals surface area contributed by atoms with Gasteiger partial charge < -0.3 is 0 Å². The molecule has 0 aliphatic carbocycles. The number of aryl methyl sites for hydroxylation is 1. The molecule has 15 heavy (non-hydrogen) atoms. The summed E-state index contributed by atoms with van der Waals surface area (Å²) in [6, 6.07) is 6.54. The van der Waals surface area contributed by atoms with Crippen LogP contribution in [0.15, 0.2) is 22.7 Å². The van der Waals surface area contributed by atoms with Crippen molar-refractivity contribution in [1.29, 1.82) is 0 Å². The predicted octanol–water partition coefficient (Wildman–Crippen LogP) is 3.45. The van der Waals surface area contributed by atoms with Crippen molar-refractivity contribution in [3.8, 4) is 0 Å². The van der Waals surface area contributed by atoms with E-state index in [4.69, 9.17) is 5.84 Å². The molecule has 1 aromatic carbocycles. The molecule has 1 unspecified atom stereocenters. The summed E-state index contributed by atoms with van der Waals surface area (Å²) >= 11 is 3.62. The summed E-state index contributed by atoms with van der Waals surface area (Å²) in [6.07, 6.45) is 3.46. The van der Waals surface area contributed by atoms with Crippen LogP contribution in [-0.4, -0.2) is 0 Å². The standard InChI is InChI=1S/C12H19BrN2/c1-3-4-8-11(15-14)10-7-5-6-9(2)12(10)13/h5-7,11,15H,3-4,8,14H2,1-2H3. The number of halogens is 1. The number of rotatable bonds is 5. The average Bonchev–Trinajstić information content (AvgIpc) is 2.25. The number of hydrogen-bond donors (Lipinski definition) is 2. The van der Waals surface area contributed by atoms with E-state index >= 15 is 0 Å². The van der Waals surface area contributed by atoms with Crippen LogP contribution in [0, 0.1) is 6.92 Å². The summed E-state index contributed by atoms with van der Waals surface area (Å²) in [6.45, 7) is 4.29. The fourth-order valence-corrected chi connectivity index (χ4v) is 2.22. The zero-order valence-electron chi connectivity index (χ0n) is 9.39. The molecule has 0 bridgehead atoms. The first-order valence-corrected chi connectivity index (χ1v) is 6.21. The van der Waals surface area contributed by atoms with Crippen LogP contribution in [0.2, 0.25) is 0 Å². The molecule has 0 aliphatic rings. The Kier molecular flexibility index (Phi) is 5.29. The molecular weight excluding hydrogens is 252 g/mol. The van der Waals surface area contributed by atoms with Crippen LogP contribution in [0.5, 0.6) is 0 Å². The summed E-state index contributed by atoms with van der Waals surface area (Å²) < 4.78 is 1.17. The molecule has 0 saturated carbocycles. The lowest BCUT2D eigenvalue weighted by molar-refractivity contribution is 0.493. The molecule has 0 spiro atoms. The minimum atomic E-state index is 0.249. The highest BCUT2D eigenvalue weighted by Crippen LogP contribution is 2.28. The molecule has 0 heterocycles. The minimum absolute atomic E-state index is 0.249. The normalized spacial score (nSPS) is 12.8. The van der Waals surface area contributed by atoms with E-state index in [-0.39, 0.29) is 6.04 Å². The van der Waals surface area contributed by atoms with E-state index < -0.39 is 0 Å². The molecule has 0 aliphatic heterocycles. The van der Waals surface area contributed by atoms with E-state index in [0.717, 1.165) is 6.42 Å². The van der Waals surface area contributed by atoms with E-state index in [9.17, 15) is 0 Å². The highest BCUT2D eigenvalue weighted by atomic mass is 79.9. The monoisotopic (exact) mass is 270 g/mol. The summed E-state index contributed by atoms with van der Waals surface area (Å²) in [5.41, 5.74) is 5.40. The summed E-state index contributed by atoms with van der Waals surface area (Å²) in [5, 5.41) is 0. The third-order valence-corrected chi connectivity index (χ3v) is 3.73. The molecule has 2 nitrogen and oxygen atoms in total. The Balaban J connectivity index is 2.86. The van der Waals surface area contributed by atoms with Gasteiger partial charge in [-0.2, -0.15) is 0 Å². The van der Waals surface area contributed by atoms with Gasteiger partial charge in [-0.05, 0) is 24.5 Å². The highest BCUT2D eigenvalue weighted by molar-refractivity contribution is 9.10. The van der Waals surface area contributed by atoms with Crippen molar-refractivity contribution in [3.05, 3.63) is 33.8 Å². The first-order chi connectivity index (χ1) is 7.20. The summed E-state index contributed by atoms with van der Waals surface area (Å²) in [4.78, 5) is 0. The average molecular weight is 271 g/mol. The molecular formula is C12H19BrN2. The molecule has 0 aromatic heterocycles. The second kappa shape index (κ2) is 6.26. The van der Waals surface area contributed by atoms with E-state index in [0.29, 0.717) is 0 Å². The highest BCUT2D eigenvalue weighted by Gasteiger charge is 2.12. The molecule has 1 rings (SSSR count). The fourth-order valence-electron chi connectivity index (χ4n) is 1.68. The van der Waals surface area contributed by atoms with Crippen LogP contribution < -0.4 is 11.3 Å². The molecule has 0 amide bonds. The van der Waals surface area contributed by atoms with Gasteiger partial charge in [0.05, 0.1) is 0 Å². The van der Waals surface area contributed by atoms with Gasteiger partial charge >= 0.3 is 0 Å². The quantitative estimate of drug-likeness (QED) is 0.636. The minimum Gasteiger partial charge on any atom is -0.271 e. The van der Waals surface area contributed by atoms with Crippen LogP contribution in [0.4, 0.5) is 0 Å². The molecule has 1 aromatic rings. The van der Waals surface area contributed by atoms with E-state index in [1.165, 1.54) is 28.4 Å². The Morgan fingerprint density at radius 1 is 1.47 bits per heavy atom. The van der Waals surface area contributed by atoms with Crippen molar-refractivity contribution >= 4 is 15.9 Å². The lowest BCUT2D eigenvalue weighted by atomic mass is 10.0. The maximum absolute atomic E-state index is 5.59. The van der Waals surface area contributed by atoms with Gasteiger partial charge in [-0.25, -0.2) is 0 Å². The number of nitrogens with two attached hydrogens (primary N) is 1. The van der Waals surface area contributed by atoms with Crippen molar-refractivity contribution in [1.82, 2.24) is 5.43 Å². The fraction of sp³-hybridized carbons (Fsp3) is 0.500. The third kappa shape index (κ3) is 3.30. The summed E-state index contributed by atoms with van der Waals surface area (Å²) in [5.74, 6) is 5.59. The zero-order valence-corrected chi connectivity index (χ0v) is 11.0. The number of unbranched alkanes of at least 4 members (excludes halogenated alkanes) is 1. The maximum Gasteiger partial charge on any atom is 0.0471 e. The van der Waals surface area contributed by atoms with Crippen LogP contribution >= 0.6 is 15.9 Å². The molecule has 0 saturated heterocycles. The van der Waals surface area contributed by atoms with Crippen LogP contribution in [0.25, 0.3) is 0 Å². The number of hydrazine groups is 1. The van der Waals surface area contributed by atoms with Gasteiger partial charge in [-0.1, -0.05) is 53.9 Å². The van der Waals surface area contributed by atoms with Gasteiger partial charge in [0, 0.05) is 10.5 Å². The molecule has 3 N–H and O–H groups in total. The second-order valence-corrected chi connectivity index (χ2v) is 4.63. The van der Waals surface area contributed by atoms with E-state index in [1.54, 1.807) is 0 Å². The van der Waals surface area contributed by atoms with Crippen LogP contribution in [0.1, 0.15) is 43.4 Å². The van der Waals surface area contributed by atoms with E-state index in [2.05, 4.69) is 53.4 Å². The maximum atomic E-state index is 5.59. The van der Waals surface area contributed by atoms with Gasteiger partial charge in [0.1, 0.15) is 0 Å². The van der Waals surface area contributed by atoms with Gasteiger partial charge in [-0.3, -0.25) is 11.3 Å². The molecule has 84 valence electrons. The largest absolute Gasteiger partial charge is 0.271 e. The van der Waals surface area contributed by atoms with E-state index in [1.807, 2.05) is 0 Å². The molecule has 3 heteroatoms. The Labute approximate surface area is 100 Å². The van der Waals surface area contributed by atoms with Crippen LogP contribution in [0.3, 0.4) is 0 Å². The molecule has 0 fully saturated rings. The topological polar surface area (TPSA) is 38.0 Å². The predicted molar refractivity (Wildman–Crippen MR) is 68.5 cm³/mol. The number of hydrogen-bond acceptors (Lipinski definition) is 2. The number of nitrogens with one attached hydrogen (secondary N) is 1. The van der Waals surface area contributed by atoms with Crippen molar-refractivity contribution in [2.24, 2.45) is 5.84 Å². The van der Waals surface area contributed by atoms with Crippen molar-refractivity contribution in [2.75, 3.05) is 0 Å². The Morgan fingerprint density at radius 3 is 2.80 bits per heavy atom. The van der Waals surface area contributed by atoms with Gasteiger partial charge in [-0.15, -0.1) is 0 Å². The van der Waals surface area contributed by atoms with Crippen molar-refractivity contribution in [2.45, 2.75) is 39.2 Å². The first-order valence-electron chi connectivity index (χ1n) is 5.41. The molecule has 0 radical (unpaired) electrons. The van der Waals surface area contributed by atoms with Crippen molar-refractivity contribution < 1.29 is 0 Å². The Morgan fingerprint density at radius 2 is 2.20 bits per heavy atom. The number of benzene rings is 1. The first kappa shape index (κ1) is 12.7. The Bertz CT molecular complexity index is 312. The van der Waals surface area contributed by atoms with Gasteiger partial charge in [0.15, 0.2) is 0 Å². The zero-order chi connectivity index (χ0) is 11.3. The van der Waals surface area contributed by atoms with Gasteiger partial charge in [0.25, 0.3) is 0 Å².